The van der Waals surface area contributed by atoms with Gasteiger partial charge in [-0.25, -0.2) is 9.59 Å². The van der Waals surface area contributed by atoms with Crippen LogP contribution >= 0.6 is 0 Å². The van der Waals surface area contributed by atoms with Crippen LogP contribution in [0.15, 0.2) is 146 Å². The van der Waals surface area contributed by atoms with E-state index in [4.69, 9.17) is 51.8 Å². The average molecular weight is 933 g/mol. The van der Waals surface area contributed by atoms with Crippen molar-refractivity contribution in [3.05, 3.63) is 168 Å². The Labute approximate surface area is 393 Å². The molecule has 13 nitrogen and oxygen atoms in total. The van der Waals surface area contributed by atoms with E-state index in [0.29, 0.717) is 11.5 Å². The number of hydrogen-bond acceptors (Lipinski definition) is 13. The predicted octanol–water partition coefficient (Wildman–Crippen LogP) is 9.47. The van der Waals surface area contributed by atoms with E-state index in [0.717, 1.165) is 11.1 Å². The summed E-state index contributed by atoms with van der Waals surface area (Å²) in [6.45, 7) is 13.0. The van der Waals surface area contributed by atoms with Gasteiger partial charge in [0.2, 0.25) is 12.4 Å². The lowest BCUT2D eigenvalue weighted by Gasteiger charge is -2.53. The molecule has 3 heterocycles. The van der Waals surface area contributed by atoms with Crippen molar-refractivity contribution in [1.82, 2.24) is 0 Å². The molecule has 5 aromatic rings. The minimum atomic E-state index is -2.59. The van der Waals surface area contributed by atoms with Gasteiger partial charge in [0.1, 0.15) is 42.0 Å². The molecule has 0 unspecified atom stereocenters. The highest BCUT2D eigenvalue weighted by Gasteiger charge is 2.58. The fourth-order valence-corrected chi connectivity index (χ4v) is 9.32. The number of hydrogen-bond donors (Lipinski definition) is 0. The minimum Gasteiger partial charge on any atom is -0.497 e. The van der Waals surface area contributed by atoms with Gasteiger partial charge in [-0.15, -0.1) is 0 Å². The lowest BCUT2D eigenvalue weighted by Crippen LogP contribution is -2.68. The molecule has 8 rings (SSSR count). The Kier molecular flexibility index (Phi) is 15.2. The maximum atomic E-state index is 14.2. The van der Waals surface area contributed by atoms with Gasteiger partial charge in [0.15, 0.2) is 27.0 Å². The first-order valence-electron chi connectivity index (χ1n) is 22.7. The third-order valence-electron chi connectivity index (χ3n) is 12.7. The lowest BCUT2D eigenvalue weighted by atomic mass is 9.96. The SMILES string of the molecule is COc1ccc(O[C@@H]2O[C@@H](C)[C@H](O[C@@H]3O[C@@H]4CO[C@@H](c5ccccc5)O[C@H]4[C@H](O[Si](C)(C)C(C)(C)C)[C@@H]3OCc3ccccc3)[C@@H](OC(=O)c3ccccc3)[C@H]2OC(=O)c2ccccc2)cc1. The van der Waals surface area contributed by atoms with Gasteiger partial charge in [-0.1, -0.05) is 118 Å². The normalized spacial score (nSPS) is 27.5. The molecule has 3 fully saturated rings. The second-order valence-electron chi connectivity index (χ2n) is 18.4. The third kappa shape index (κ3) is 11.5. The van der Waals surface area contributed by atoms with Crippen LogP contribution < -0.4 is 9.47 Å². The zero-order valence-electron chi connectivity index (χ0n) is 38.9. The first kappa shape index (κ1) is 48.0. The summed E-state index contributed by atoms with van der Waals surface area (Å²) < 4.78 is 72.8. The highest BCUT2D eigenvalue weighted by Crippen LogP contribution is 2.44. The van der Waals surface area contributed by atoms with Crippen molar-refractivity contribution in [3.8, 4) is 11.5 Å². The number of ether oxygens (including phenoxy) is 10. The van der Waals surface area contributed by atoms with Crippen LogP contribution in [0.4, 0.5) is 0 Å². The molecule has 3 aliphatic heterocycles. The molecule has 11 atom stereocenters. The maximum absolute atomic E-state index is 14.2. The fourth-order valence-electron chi connectivity index (χ4n) is 8.02. The van der Waals surface area contributed by atoms with Crippen molar-refractivity contribution in [2.45, 2.75) is 120 Å². The average Bonchev–Trinajstić information content (AvgIpc) is 3.34. The van der Waals surface area contributed by atoms with E-state index in [9.17, 15) is 9.59 Å². The highest BCUT2D eigenvalue weighted by molar-refractivity contribution is 6.74. The molecule has 67 heavy (non-hydrogen) atoms. The molecule has 3 aliphatic rings. The van der Waals surface area contributed by atoms with Gasteiger partial charge >= 0.3 is 11.9 Å². The quantitative estimate of drug-likeness (QED) is 0.0729. The van der Waals surface area contributed by atoms with Crippen LogP contribution in [0.25, 0.3) is 0 Å². The second kappa shape index (κ2) is 21.3. The molecular formula is C53H60O13Si. The first-order chi connectivity index (χ1) is 32.3. The van der Waals surface area contributed by atoms with Crippen molar-refractivity contribution in [3.63, 3.8) is 0 Å². The zero-order chi connectivity index (χ0) is 47.1. The molecule has 0 aromatic heterocycles. The topological polar surface area (TPSA) is 136 Å². The monoisotopic (exact) mass is 932 g/mol. The van der Waals surface area contributed by atoms with Crippen LogP contribution in [-0.2, 0) is 48.9 Å². The zero-order valence-corrected chi connectivity index (χ0v) is 39.9. The molecule has 0 spiro atoms. The van der Waals surface area contributed by atoms with E-state index in [1.807, 2.05) is 60.7 Å². The fraction of sp³-hybridized carbons (Fsp3) is 0.396. The molecule has 5 aromatic carbocycles. The number of benzene rings is 5. The predicted molar refractivity (Wildman–Crippen MR) is 250 cm³/mol. The summed E-state index contributed by atoms with van der Waals surface area (Å²) in [5.74, 6) is -0.378. The number of methoxy groups -OCH3 is 1. The van der Waals surface area contributed by atoms with E-state index >= 15 is 0 Å². The Hall–Kier alpha value is -5.42. The second-order valence-corrected chi connectivity index (χ2v) is 23.2. The van der Waals surface area contributed by atoms with Crippen molar-refractivity contribution in [2.75, 3.05) is 13.7 Å². The van der Waals surface area contributed by atoms with Gasteiger partial charge in [-0.3, -0.25) is 0 Å². The van der Waals surface area contributed by atoms with E-state index in [2.05, 4.69) is 33.9 Å². The molecule has 0 radical (unpaired) electrons. The van der Waals surface area contributed by atoms with Crippen LogP contribution in [0.3, 0.4) is 0 Å². The van der Waals surface area contributed by atoms with Gasteiger partial charge < -0.3 is 51.8 Å². The largest absolute Gasteiger partial charge is 0.497 e. The molecule has 0 amide bonds. The maximum Gasteiger partial charge on any atom is 0.338 e. The molecule has 0 saturated carbocycles. The van der Waals surface area contributed by atoms with E-state index in [1.165, 1.54) is 0 Å². The van der Waals surface area contributed by atoms with E-state index < -0.39 is 88.0 Å². The Morgan fingerprint density at radius 2 is 1.18 bits per heavy atom. The van der Waals surface area contributed by atoms with Crippen LogP contribution in [0.1, 0.15) is 65.8 Å². The molecular weight excluding hydrogens is 873 g/mol. The van der Waals surface area contributed by atoms with Gasteiger partial charge in [-0.05, 0) is 79.2 Å². The lowest BCUT2D eigenvalue weighted by molar-refractivity contribution is -0.384. The number of esters is 2. The van der Waals surface area contributed by atoms with Crippen LogP contribution in [-0.4, -0.2) is 95.4 Å². The van der Waals surface area contributed by atoms with Crippen molar-refractivity contribution >= 4 is 20.3 Å². The number of carbonyl (C=O) groups excluding carboxylic acids is 2. The number of carbonyl (C=O) groups is 2. The third-order valence-corrected chi connectivity index (χ3v) is 17.2. The summed E-state index contributed by atoms with van der Waals surface area (Å²) in [4.78, 5) is 28.3. The molecule has 3 saturated heterocycles. The molecule has 354 valence electrons. The van der Waals surface area contributed by atoms with Crippen molar-refractivity contribution in [1.29, 1.82) is 0 Å². The summed E-state index contributed by atoms with van der Waals surface area (Å²) in [5, 5.41) is -0.206. The number of fused-ring (bicyclic) bond motifs is 1. The van der Waals surface area contributed by atoms with Crippen LogP contribution in [0.5, 0.6) is 11.5 Å². The molecule has 0 bridgehead atoms. The van der Waals surface area contributed by atoms with E-state index in [1.54, 1.807) is 99.0 Å². The van der Waals surface area contributed by atoms with Gasteiger partial charge in [0.05, 0.1) is 37.6 Å². The summed E-state index contributed by atoms with van der Waals surface area (Å²) in [6, 6.07) is 43.5. The summed E-state index contributed by atoms with van der Waals surface area (Å²) >= 11 is 0. The van der Waals surface area contributed by atoms with Gasteiger partial charge in [0.25, 0.3) is 0 Å². The number of rotatable bonds is 15. The van der Waals surface area contributed by atoms with Gasteiger partial charge in [-0.2, -0.15) is 0 Å². The highest BCUT2D eigenvalue weighted by atomic mass is 28.4. The van der Waals surface area contributed by atoms with Crippen molar-refractivity contribution in [2.24, 2.45) is 0 Å². The Bertz CT molecular complexity index is 2350. The van der Waals surface area contributed by atoms with Crippen LogP contribution in [0.2, 0.25) is 18.1 Å². The molecule has 14 heteroatoms. The van der Waals surface area contributed by atoms with Gasteiger partial charge in [0, 0.05) is 5.56 Å². The smallest absolute Gasteiger partial charge is 0.338 e. The standard InChI is InChI=1S/C53H60O13Si/c1-34-42(44(62-48(54)36-22-14-9-15-23-36)47(63-49(55)37-24-16-10-17-25-37)52(59-34)60-40-30-28-39(56-5)29-31-40)64-51-46(57-32-35-20-12-8-13-21-35)45(66-67(6,7)53(2,3)4)43-41(61-51)33-58-50(65-43)38-26-18-11-19-27-38/h8-31,34,41-47,50-52H,32-33H2,1-7H3/t34-,41+,42-,43+,44+,45-,46-,47+,50+,51-,52-/m0/s1. The Morgan fingerprint density at radius 3 is 1.76 bits per heavy atom. The molecule has 0 aliphatic carbocycles. The summed E-state index contributed by atoms with van der Waals surface area (Å²) in [7, 11) is -1.02. The summed E-state index contributed by atoms with van der Waals surface area (Å²) in [5.41, 5.74) is 2.31. The molecule has 0 N–H and O–H groups in total. The summed E-state index contributed by atoms with van der Waals surface area (Å²) in [6.07, 6.45) is -10.8. The first-order valence-corrected chi connectivity index (χ1v) is 25.6. The van der Waals surface area contributed by atoms with Crippen molar-refractivity contribution < 1.29 is 61.4 Å². The Balaban J connectivity index is 1.19. The Morgan fingerprint density at radius 1 is 0.627 bits per heavy atom. The van der Waals surface area contributed by atoms with Crippen LogP contribution in [0, 0.1) is 0 Å². The van der Waals surface area contributed by atoms with E-state index in [-0.39, 0.29) is 29.4 Å². The minimum absolute atomic E-state index is 0.144.